The summed E-state index contributed by atoms with van der Waals surface area (Å²) in [5.74, 6) is -1.61. The Bertz CT molecular complexity index is 616. The molecule has 0 aliphatic rings. The molecule has 8 heteroatoms. The highest BCUT2D eigenvalue weighted by atomic mass is 16.5. The largest absolute Gasteiger partial charge is 0.493 e. The first kappa shape index (κ1) is 20.2. The van der Waals surface area contributed by atoms with Gasteiger partial charge in [-0.2, -0.15) is 0 Å². The molecule has 0 heterocycles. The van der Waals surface area contributed by atoms with Gasteiger partial charge in [0.25, 0.3) is 0 Å². The van der Waals surface area contributed by atoms with Crippen LogP contribution in [0, 0.1) is 0 Å². The number of hydrogen-bond acceptors (Lipinski definition) is 5. The highest BCUT2D eigenvalue weighted by molar-refractivity contribution is 5.88. The number of benzene rings is 1. The van der Waals surface area contributed by atoms with Crippen LogP contribution in [0.25, 0.3) is 0 Å². The molecular weight excluding hydrogens is 326 g/mol. The van der Waals surface area contributed by atoms with E-state index in [9.17, 15) is 14.4 Å². The number of carbonyl (C=O) groups is 3. The summed E-state index contributed by atoms with van der Waals surface area (Å²) in [7, 11) is 0. The van der Waals surface area contributed by atoms with E-state index >= 15 is 0 Å². The first-order valence-corrected chi connectivity index (χ1v) is 7.76. The summed E-state index contributed by atoms with van der Waals surface area (Å²) in [6.45, 7) is 2.38. The molecule has 1 rings (SSSR count). The predicted octanol–water partition coefficient (Wildman–Crippen LogP) is 0.141. The highest BCUT2D eigenvalue weighted by Crippen LogP contribution is 2.04. The molecule has 0 unspecified atom stereocenters. The van der Waals surface area contributed by atoms with Crippen LogP contribution < -0.4 is 16.4 Å². The molecule has 0 aliphatic heterocycles. The Morgan fingerprint density at radius 1 is 1.20 bits per heavy atom. The van der Waals surface area contributed by atoms with E-state index in [0.717, 1.165) is 5.56 Å². The normalized spacial score (nSPS) is 12.2. The smallest absolute Gasteiger partial charge is 0.305 e. The monoisotopic (exact) mass is 349 g/mol. The highest BCUT2D eigenvalue weighted by Gasteiger charge is 2.16. The van der Waals surface area contributed by atoms with Gasteiger partial charge in [0, 0.05) is 19.2 Å². The number of rotatable bonds is 10. The third kappa shape index (κ3) is 9.11. The van der Waals surface area contributed by atoms with Gasteiger partial charge in [-0.25, -0.2) is 0 Å². The van der Waals surface area contributed by atoms with E-state index in [1.54, 1.807) is 6.92 Å². The van der Waals surface area contributed by atoms with Gasteiger partial charge in [-0.3, -0.25) is 14.4 Å². The molecule has 136 valence electrons. The topological polar surface area (TPSA) is 131 Å². The predicted molar refractivity (Wildman–Crippen MR) is 91.2 cm³/mol. The van der Waals surface area contributed by atoms with Crippen molar-refractivity contribution in [2.24, 2.45) is 5.73 Å². The second-order valence-corrected chi connectivity index (χ2v) is 5.32. The lowest BCUT2D eigenvalue weighted by Crippen LogP contribution is -2.44. The molecule has 2 amide bonds. The molecule has 25 heavy (non-hydrogen) atoms. The lowest BCUT2D eigenvalue weighted by Gasteiger charge is -2.10. The van der Waals surface area contributed by atoms with Gasteiger partial charge in [0.1, 0.15) is 6.61 Å². The molecule has 0 spiro atoms. The molecule has 0 bridgehead atoms. The molecule has 0 saturated heterocycles. The first-order valence-electron chi connectivity index (χ1n) is 7.76. The van der Waals surface area contributed by atoms with Gasteiger partial charge in [0.15, 0.2) is 0 Å². The number of carboxylic acids is 1. The number of carboxylic acid groups (broad SMARTS) is 1. The molecule has 1 aromatic rings. The van der Waals surface area contributed by atoms with Crippen LogP contribution in [0.5, 0.6) is 0 Å². The van der Waals surface area contributed by atoms with E-state index in [1.165, 1.54) is 6.08 Å². The number of hydrogen-bond donors (Lipinski definition) is 4. The quantitative estimate of drug-likeness (QED) is 0.270. The van der Waals surface area contributed by atoms with Crippen molar-refractivity contribution in [1.82, 2.24) is 10.6 Å². The number of nitrogens with two attached hydrogens (primary N) is 1. The van der Waals surface area contributed by atoms with Gasteiger partial charge >= 0.3 is 5.97 Å². The number of nitrogens with one attached hydrogen (secondary N) is 2. The molecule has 5 N–H and O–H groups in total. The zero-order valence-corrected chi connectivity index (χ0v) is 14.0. The van der Waals surface area contributed by atoms with Gasteiger partial charge in [-0.15, -0.1) is 0 Å². The van der Waals surface area contributed by atoms with Gasteiger partial charge in [0.05, 0.1) is 18.2 Å². The van der Waals surface area contributed by atoms with E-state index < -0.39 is 24.3 Å². The number of carbonyl (C=O) groups excluding carboxylic acids is 2. The second-order valence-electron chi connectivity index (χ2n) is 5.32. The third-order valence-corrected chi connectivity index (χ3v) is 3.10. The van der Waals surface area contributed by atoms with Crippen molar-refractivity contribution in [3.63, 3.8) is 0 Å². The van der Waals surface area contributed by atoms with Crippen molar-refractivity contribution in [2.75, 3.05) is 13.1 Å². The molecule has 0 radical (unpaired) electrons. The SMILES string of the molecule is CC(=CC(=O)NCCNC(=O)[C@H](N)CC(=O)O)OCc1ccccc1. The average Bonchev–Trinajstić information content (AvgIpc) is 2.57. The summed E-state index contributed by atoms with van der Waals surface area (Å²) in [6, 6.07) is 8.45. The zero-order valence-electron chi connectivity index (χ0n) is 14.0. The fourth-order valence-electron chi connectivity index (χ4n) is 1.83. The Morgan fingerprint density at radius 3 is 2.48 bits per heavy atom. The molecule has 0 saturated carbocycles. The van der Waals surface area contributed by atoms with Crippen molar-refractivity contribution >= 4 is 17.8 Å². The summed E-state index contributed by atoms with van der Waals surface area (Å²) >= 11 is 0. The van der Waals surface area contributed by atoms with Gasteiger partial charge < -0.3 is 26.2 Å². The van der Waals surface area contributed by atoms with Crippen molar-refractivity contribution in [2.45, 2.75) is 26.0 Å². The molecule has 0 aromatic heterocycles. The van der Waals surface area contributed by atoms with Crippen molar-refractivity contribution in [3.8, 4) is 0 Å². The minimum Gasteiger partial charge on any atom is -0.493 e. The first-order chi connectivity index (χ1) is 11.9. The number of ether oxygens (including phenoxy) is 1. The molecule has 0 fully saturated rings. The minimum absolute atomic E-state index is 0.148. The Morgan fingerprint density at radius 2 is 1.84 bits per heavy atom. The Hall–Kier alpha value is -2.87. The number of aliphatic carboxylic acids is 1. The molecule has 0 aliphatic carbocycles. The van der Waals surface area contributed by atoms with Crippen LogP contribution in [0.4, 0.5) is 0 Å². The van der Waals surface area contributed by atoms with Crippen molar-refractivity contribution in [1.29, 1.82) is 0 Å². The van der Waals surface area contributed by atoms with Crippen LogP contribution in [-0.4, -0.2) is 42.0 Å². The fourth-order valence-corrected chi connectivity index (χ4v) is 1.83. The van der Waals surface area contributed by atoms with Crippen LogP contribution in [0.1, 0.15) is 18.9 Å². The summed E-state index contributed by atoms with van der Waals surface area (Å²) in [5.41, 5.74) is 6.40. The molecule has 1 aromatic carbocycles. The standard InChI is InChI=1S/C17H23N3O5/c1-12(25-11-13-5-3-2-4-6-13)9-15(21)19-7-8-20-17(24)14(18)10-16(22)23/h2-6,9,14H,7-8,10-11,18H2,1H3,(H,19,21)(H,20,24)(H,22,23)/t14-/m1/s1. The van der Waals surface area contributed by atoms with Crippen LogP contribution in [0.2, 0.25) is 0 Å². The fraction of sp³-hybridized carbons (Fsp3) is 0.353. The van der Waals surface area contributed by atoms with Gasteiger partial charge in [-0.05, 0) is 12.5 Å². The average molecular weight is 349 g/mol. The van der Waals surface area contributed by atoms with Crippen molar-refractivity contribution < 1.29 is 24.2 Å². The Labute approximate surface area is 146 Å². The van der Waals surface area contributed by atoms with E-state index in [4.69, 9.17) is 15.6 Å². The van der Waals surface area contributed by atoms with E-state index in [2.05, 4.69) is 10.6 Å². The maximum absolute atomic E-state index is 11.7. The van der Waals surface area contributed by atoms with E-state index in [-0.39, 0.29) is 19.0 Å². The second kappa shape index (κ2) is 10.8. The molecular formula is C17H23N3O5. The summed E-state index contributed by atoms with van der Waals surface area (Å²) in [5, 5.41) is 13.6. The third-order valence-electron chi connectivity index (χ3n) is 3.10. The van der Waals surface area contributed by atoms with Crippen LogP contribution in [0.3, 0.4) is 0 Å². The number of allylic oxidation sites excluding steroid dienone is 1. The zero-order chi connectivity index (χ0) is 18.7. The maximum Gasteiger partial charge on any atom is 0.305 e. The van der Waals surface area contributed by atoms with Gasteiger partial charge in [0.2, 0.25) is 11.8 Å². The van der Waals surface area contributed by atoms with Gasteiger partial charge in [-0.1, -0.05) is 30.3 Å². The van der Waals surface area contributed by atoms with Crippen LogP contribution >= 0.6 is 0 Å². The van der Waals surface area contributed by atoms with Crippen LogP contribution in [0.15, 0.2) is 42.2 Å². The Kier molecular flexibility index (Phi) is 8.73. The summed E-state index contributed by atoms with van der Waals surface area (Å²) in [4.78, 5) is 33.6. The maximum atomic E-state index is 11.7. The van der Waals surface area contributed by atoms with Crippen molar-refractivity contribution in [3.05, 3.63) is 47.7 Å². The number of amides is 2. The lowest BCUT2D eigenvalue weighted by molar-refractivity contribution is -0.139. The summed E-state index contributed by atoms with van der Waals surface area (Å²) in [6.07, 6.45) is 0.875. The summed E-state index contributed by atoms with van der Waals surface area (Å²) < 4.78 is 5.47. The van der Waals surface area contributed by atoms with E-state index in [1.807, 2.05) is 30.3 Å². The Balaban J connectivity index is 2.23. The molecule has 1 atom stereocenters. The minimum atomic E-state index is -1.15. The van der Waals surface area contributed by atoms with Crippen LogP contribution in [-0.2, 0) is 25.7 Å². The molecule has 8 nitrogen and oxygen atoms in total. The lowest BCUT2D eigenvalue weighted by atomic mass is 10.2. The van der Waals surface area contributed by atoms with E-state index in [0.29, 0.717) is 12.4 Å².